The molecule has 7 heteroatoms. The van der Waals surface area contributed by atoms with Crippen molar-refractivity contribution in [3.05, 3.63) is 0 Å². The first kappa shape index (κ1) is 20.2. The summed E-state index contributed by atoms with van der Waals surface area (Å²) >= 11 is 1.88. The Labute approximate surface area is 132 Å². The SMILES string of the molecule is CN(C)CCSCCCC(=O)NCCCNC(=O)CCN. The van der Waals surface area contributed by atoms with Crippen LogP contribution in [-0.2, 0) is 9.59 Å². The van der Waals surface area contributed by atoms with Crippen molar-refractivity contribution in [2.75, 3.05) is 51.8 Å². The van der Waals surface area contributed by atoms with E-state index >= 15 is 0 Å². The molecule has 4 N–H and O–H groups in total. The average Bonchev–Trinajstić information content (AvgIpc) is 2.42. The number of carbonyl (C=O) groups is 2. The molecule has 0 unspecified atom stereocenters. The van der Waals surface area contributed by atoms with Gasteiger partial charge in [0.2, 0.25) is 11.8 Å². The van der Waals surface area contributed by atoms with Crippen LogP contribution in [0.5, 0.6) is 0 Å². The predicted molar refractivity (Wildman–Crippen MR) is 89.4 cm³/mol. The Bertz CT molecular complexity index is 288. The molecule has 0 rings (SSSR count). The van der Waals surface area contributed by atoms with Crippen molar-refractivity contribution in [3.63, 3.8) is 0 Å². The second-order valence-electron chi connectivity index (χ2n) is 5.11. The van der Waals surface area contributed by atoms with Crippen molar-refractivity contribution in [1.29, 1.82) is 0 Å². The summed E-state index contributed by atoms with van der Waals surface area (Å²) < 4.78 is 0. The van der Waals surface area contributed by atoms with Gasteiger partial charge in [0.05, 0.1) is 0 Å². The fraction of sp³-hybridized carbons (Fsp3) is 0.857. The van der Waals surface area contributed by atoms with E-state index in [9.17, 15) is 9.59 Å². The summed E-state index contributed by atoms with van der Waals surface area (Å²) in [4.78, 5) is 24.8. The topological polar surface area (TPSA) is 87.5 Å². The van der Waals surface area contributed by atoms with E-state index in [1.165, 1.54) is 0 Å². The molecule has 2 amide bonds. The van der Waals surface area contributed by atoms with Crippen molar-refractivity contribution in [3.8, 4) is 0 Å². The molecule has 0 radical (unpaired) electrons. The minimum Gasteiger partial charge on any atom is -0.356 e. The molecule has 0 aliphatic rings. The lowest BCUT2D eigenvalue weighted by molar-refractivity contribution is -0.121. The van der Waals surface area contributed by atoms with Crippen molar-refractivity contribution >= 4 is 23.6 Å². The summed E-state index contributed by atoms with van der Waals surface area (Å²) in [5, 5.41) is 5.62. The summed E-state index contributed by atoms with van der Waals surface area (Å²) in [6.07, 6.45) is 2.60. The van der Waals surface area contributed by atoms with Crippen LogP contribution in [0.4, 0.5) is 0 Å². The molecular weight excluding hydrogens is 288 g/mol. The van der Waals surface area contributed by atoms with Crippen LogP contribution in [-0.4, -0.2) is 68.5 Å². The Morgan fingerprint density at radius 2 is 1.62 bits per heavy atom. The van der Waals surface area contributed by atoms with E-state index in [2.05, 4.69) is 29.6 Å². The molecule has 0 aliphatic heterocycles. The van der Waals surface area contributed by atoms with Gasteiger partial charge in [-0.2, -0.15) is 11.8 Å². The van der Waals surface area contributed by atoms with Crippen molar-refractivity contribution in [2.45, 2.75) is 25.7 Å². The van der Waals surface area contributed by atoms with Crippen LogP contribution in [0.2, 0.25) is 0 Å². The monoisotopic (exact) mass is 318 g/mol. The number of hydrogen-bond acceptors (Lipinski definition) is 5. The molecule has 0 bridgehead atoms. The Kier molecular flexibility index (Phi) is 13.6. The second-order valence-corrected chi connectivity index (χ2v) is 6.34. The molecule has 0 aromatic carbocycles. The highest BCUT2D eigenvalue weighted by Crippen LogP contribution is 2.04. The van der Waals surface area contributed by atoms with Crippen molar-refractivity contribution in [1.82, 2.24) is 15.5 Å². The van der Waals surface area contributed by atoms with Crippen LogP contribution in [0, 0.1) is 0 Å². The Balaban J connectivity index is 3.29. The van der Waals surface area contributed by atoms with Crippen LogP contribution in [0.15, 0.2) is 0 Å². The van der Waals surface area contributed by atoms with Gasteiger partial charge in [0, 0.05) is 44.8 Å². The zero-order valence-corrected chi connectivity index (χ0v) is 14.1. The van der Waals surface area contributed by atoms with Crippen LogP contribution < -0.4 is 16.4 Å². The number of amides is 2. The van der Waals surface area contributed by atoms with Gasteiger partial charge in [0.15, 0.2) is 0 Å². The molecule has 0 saturated heterocycles. The van der Waals surface area contributed by atoms with Gasteiger partial charge in [-0.1, -0.05) is 0 Å². The molecule has 0 aromatic rings. The smallest absolute Gasteiger partial charge is 0.221 e. The van der Waals surface area contributed by atoms with E-state index in [-0.39, 0.29) is 11.8 Å². The highest BCUT2D eigenvalue weighted by atomic mass is 32.2. The standard InChI is InChI=1S/C14H30N4O2S/c1-18(2)10-12-21-11-3-5-13(19)16-8-4-9-17-14(20)6-7-15/h3-12,15H2,1-2H3,(H,16,19)(H,17,20). The van der Waals surface area contributed by atoms with Gasteiger partial charge < -0.3 is 21.3 Å². The maximum absolute atomic E-state index is 11.6. The lowest BCUT2D eigenvalue weighted by atomic mass is 10.3. The second kappa shape index (κ2) is 14.2. The van der Waals surface area contributed by atoms with Gasteiger partial charge in [0.25, 0.3) is 0 Å². The summed E-state index contributed by atoms with van der Waals surface area (Å²) in [5.41, 5.74) is 5.27. The molecule has 0 saturated carbocycles. The Hall–Kier alpha value is -0.790. The van der Waals surface area contributed by atoms with Gasteiger partial charge in [-0.25, -0.2) is 0 Å². The molecule has 0 fully saturated rings. The highest BCUT2D eigenvalue weighted by molar-refractivity contribution is 7.99. The third-order valence-corrected chi connectivity index (χ3v) is 3.79. The van der Waals surface area contributed by atoms with Crippen molar-refractivity contribution in [2.24, 2.45) is 5.73 Å². The van der Waals surface area contributed by atoms with Crippen LogP contribution in [0.1, 0.15) is 25.7 Å². The molecule has 21 heavy (non-hydrogen) atoms. The minimum atomic E-state index is -0.0291. The molecule has 0 atom stereocenters. The van der Waals surface area contributed by atoms with Crippen LogP contribution in [0.3, 0.4) is 0 Å². The molecule has 0 spiro atoms. The number of hydrogen-bond donors (Lipinski definition) is 3. The van der Waals surface area contributed by atoms with Gasteiger partial charge in [-0.3, -0.25) is 9.59 Å². The third-order valence-electron chi connectivity index (χ3n) is 2.74. The van der Waals surface area contributed by atoms with Crippen LogP contribution in [0.25, 0.3) is 0 Å². The molecule has 0 aliphatic carbocycles. The summed E-state index contributed by atoms with van der Waals surface area (Å²) in [7, 11) is 4.12. The fourth-order valence-corrected chi connectivity index (χ4v) is 2.58. The van der Waals surface area contributed by atoms with Crippen molar-refractivity contribution < 1.29 is 9.59 Å². The van der Waals surface area contributed by atoms with Gasteiger partial charge in [-0.05, 0) is 32.7 Å². The molecule has 6 nitrogen and oxygen atoms in total. The van der Waals surface area contributed by atoms with E-state index in [4.69, 9.17) is 5.73 Å². The Morgan fingerprint density at radius 1 is 1.00 bits per heavy atom. The number of carbonyl (C=O) groups excluding carboxylic acids is 2. The number of nitrogens with zero attached hydrogens (tertiary/aromatic N) is 1. The number of rotatable bonds is 13. The van der Waals surface area contributed by atoms with Gasteiger partial charge in [-0.15, -0.1) is 0 Å². The molecule has 124 valence electrons. The third kappa shape index (κ3) is 15.4. The maximum atomic E-state index is 11.6. The van der Waals surface area contributed by atoms with E-state index in [1.807, 2.05) is 11.8 Å². The molecule has 0 heterocycles. The van der Waals surface area contributed by atoms with E-state index in [0.717, 1.165) is 30.9 Å². The average molecular weight is 318 g/mol. The summed E-state index contributed by atoms with van der Waals surface area (Å²) in [6, 6.07) is 0. The first-order valence-corrected chi connectivity index (χ1v) is 8.67. The minimum absolute atomic E-state index is 0.0291. The van der Waals surface area contributed by atoms with Gasteiger partial charge >= 0.3 is 0 Å². The largest absolute Gasteiger partial charge is 0.356 e. The molecule has 0 aromatic heterocycles. The lowest BCUT2D eigenvalue weighted by Crippen LogP contribution is -2.30. The first-order valence-electron chi connectivity index (χ1n) is 7.52. The normalized spacial score (nSPS) is 10.7. The number of nitrogens with two attached hydrogens (primary N) is 1. The molecular formula is C14H30N4O2S. The van der Waals surface area contributed by atoms with E-state index in [0.29, 0.717) is 32.5 Å². The maximum Gasteiger partial charge on any atom is 0.221 e. The lowest BCUT2D eigenvalue weighted by Gasteiger charge is -2.09. The first-order chi connectivity index (χ1) is 10.1. The summed E-state index contributed by atoms with van der Waals surface area (Å²) in [6.45, 7) is 2.64. The van der Waals surface area contributed by atoms with E-state index < -0.39 is 0 Å². The zero-order valence-electron chi connectivity index (χ0n) is 13.3. The number of thioether (sulfide) groups is 1. The van der Waals surface area contributed by atoms with Gasteiger partial charge in [0.1, 0.15) is 0 Å². The zero-order chi connectivity index (χ0) is 15.9. The quantitative estimate of drug-likeness (QED) is 0.417. The summed E-state index contributed by atoms with van der Waals surface area (Å²) in [5.74, 6) is 2.20. The van der Waals surface area contributed by atoms with Crippen LogP contribution >= 0.6 is 11.8 Å². The number of nitrogens with one attached hydrogen (secondary N) is 2. The highest BCUT2D eigenvalue weighted by Gasteiger charge is 2.01. The Morgan fingerprint density at radius 3 is 2.19 bits per heavy atom. The predicted octanol–water partition coefficient (Wildman–Crippen LogP) is 0.0327. The van der Waals surface area contributed by atoms with E-state index in [1.54, 1.807) is 0 Å². The fourth-order valence-electron chi connectivity index (χ4n) is 1.54.